The molecule has 0 saturated carbocycles. The molecule has 0 spiro atoms. The van der Waals surface area contributed by atoms with E-state index < -0.39 is 158 Å². The summed E-state index contributed by atoms with van der Waals surface area (Å²) in [4.78, 5) is 160. The number of ketones is 3. The number of nitrogens with two attached hydrogens (primary N) is 1. The number of unbranched alkanes of at least 4 members (excludes halogenated alkanes) is 5. The van der Waals surface area contributed by atoms with Crippen molar-refractivity contribution < 1.29 is 78.3 Å². The van der Waals surface area contributed by atoms with Crippen LogP contribution in [0, 0.1) is 35.5 Å². The number of primary amides is 1. The molecule has 8 amide bonds. The summed E-state index contributed by atoms with van der Waals surface area (Å²) in [6, 6.07) is 15.1. The first-order chi connectivity index (χ1) is 45.1. The number of hydrogen-bond donors (Lipinski definition) is 10. The Balaban J connectivity index is 0.0000128. The first-order valence-electron chi connectivity index (χ1n) is 32.6. The molecule has 4 aliphatic rings. The van der Waals surface area contributed by atoms with Gasteiger partial charge in [0.05, 0.1) is 68.2 Å². The molecule has 3 aromatic carbocycles. The number of nitrogens with one attached hydrogen (secondary N) is 6. The van der Waals surface area contributed by atoms with Gasteiger partial charge in [0.2, 0.25) is 52.3 Å². The van der Waals surface area contributed by atoms with Gasteiger partial charge in [-0.15, -0.1) is 0 Å². The third kappa shape index (κ3) is 20.0. The number of aromatic amines is 1. The molecule has 512 valence electrons. The summed E-state index contributed by atoms with van der Waals surface area (Å²) in [5.41, 5.74) is 10.1. The molecule has 25 nitrogen and oxygen atoms in total. The minimum Gasteiger partial charge on any atom is -0.870 e. The minimum atomic E-state index is -1.61. The van der Waals surface area contributed by atoms with Crippen molar-refractivity contribution in [3.05, 3.63) is 89.0 Å². The highest BCUT2D eigenvalue weighted by Crippen LogP contribution is 2.33. The molecule has 4 aliphatic heterocycles. The van der Waals surface area contributed by atoms with Crippen LogP contribution in [0.2, 0.25) is 0 Å². The number of thiol groups is 1. The number of carbonyl (C=O) groups excluding carboxylic acids is 11. The molecule has 12 N–H and O–H groups in total. The highest BCUT2D eigenvalue weighted by Gasteiger charge is 2.45. The fourth-order valence-electron chi connectivity index (χ4n) is 12.5. The number of anilines is 1. The maximum atomic E-state index is 14.9. The van der Waals surface area contributed by atoms with Gasteiger partial charge in [-0.1, -0.05) is 88.6 Å². The van der Waals surface area contributed by atoms with Gasteiger partial charge >= 0.3 is 0 Å². The Bertz CT molecular complexity index is 3530. The first-order valence-corrected chi connectivity index (χ1v) is 33.7. The molecular formula is C69H89N9O16S. The van der Waals surface area contributed by atoms with Gasteiger partial charge in [-0.2, -0.15) is 0 Å². The number of para-hydroxylation sites is 1. The van der Waals surface area contributed by atoms with E-state index in [2.05, 4.69) is 43.4 Å². The van der Waals surface area contributed by atoms with E-state index in [-0.39, 0.29) is 35.8 Å². The van der Waals surface area contributed by atoms with Gasteiger partial charge < -0.3 is 72.6 Å². The molecule has 1 fully saturated rings. The monoisotopic (exact) mass is 1330 g/mol. The Labute approximate surface area is 556 Å². The highest BCUT2D eigenvalue weighted by atomic mass is 32.2. The second kappa shape index (κ2) is 35.3. The van der Waals surface area contributed by atoms with Crippen molar-refractivity contribution in [2.45, 2.75) is 171 Å². The zero-order valence-electron chi connectivity index (χ0n) is 54.0. The van der Waals surface area contributed by atoms with Crippen LogP contribution in [-0.4, -0.2) is 170 Å². The van der Waals surface area contributed by atoms with Crippen LogP contribution in [0.4, 0.5) is 5.69 Å². The van der Waals surface area contributed by atoms with Crippen LogP contribution in [0.1, 0.15) is 139 Å². The van der Waals surface area contributed by atoms with Crippen LogP contribution in [-0.2, 0) is 77.5 Å². The van der Waals surface area contributed by atoms with E-state index in [4.69, 9.17) is 10.5 Å². The molecule has 0 aliphatic carbocycles. The normalized spacial score (nSPS) is 22.6. The standard InChI is InChI=1S/C69H87N9O15S.H2O/c1-4-40(2)63-67(91)72-34-60(86)73-53-39-94-68-51(28-45(65(89)71-35-61(87)75-63)29-57(83)64(41(3)58(84)38-79)76-66(90)55-32-48(81)37-78(55)69(92)46(30-56(53)82)31-59(70)85)50-26-25-49(33-52(50)74-68)93-27-15-7-5-6-8-19-47(80)20-12-14-22-62(88)77-36-44-18-10-9-16-42(44)23-24-43-17-11-13-21-54(43)77;/h9-11,13,16-18,21,25-26,33,40-41,45-46,48,53,55,58,63-64,74,79,81,84H,4-8,12,14-15,19-20,22,27-32,34-39H2,1-3H3,(H2,70,85)(H,71,89)(H,72,91)(H,73,86)(H,75,87)(H,76,90);1H2/t40-,41-,45-,46-,48+,53-,55-,58-,63-,64-;/m0./s1. The summed E-state index contributed by atoms with van der Waals surface area (Å²) >= 11 is 0.348. The molecule has 10 atom stereocenters. The van der Waals surface area contributed by atoms with Crippen molar-refractivity contribution in [2.24, 2.45) is 29.4 Å². The van der Waals surface area contributed by atoms with Gasteiger partial charge in [-0.25, -0.2) is 0 Å². The Morgan fingerprint density at radius 1 is 0.758 bits per heavy atom. The number of H-pyrrole nitrogens is 1. The Morgan fingerprint density at radius 3 is 2.16 bits per heavy atom. The molecule has 1 saturated heterocycles. The number of aromatic nitrogens is 1. The average Bonchev–Trinajstić information content (AvgIpc) is 1.71. The van der Waals surface area contributed by atoms with Crippen LogP contribution in [0.5, 0.6) is 5.75 Å². The van der Waals surface area contributed by atoms with Crippen molar-refractivity contribution in [1.82, 2.24) is 36.5 Å². The molecule has 95 heavy (non-hydrogen) atoms. The number of carbonyl (C=O) groups is 11. The third-order valence-electron chi connectivity index (χ3n) is 18.2. The third-order valence-corrected chi connectivity index (χ3v) is 19.4. The SMILES string of the molecule is CC[C@H](C)[C@@H]1NC(=O)CNC(=O)[C@@H]2CC(=O)[C@H]([C@@H](C)[C@@H](O)CO)NC(=O)[C@@H]3C[C@@H](O)CN3C(=O)[C@H](CC(N)=O)CC(=O)[C@H](C[SH+]c3[nH]c4cc(OCCCCCCCC(=O)CCCCC(=O)N5Cc6ccccc6C#Cc6ccccc65)ccc4c3C2)NC(=O)CNC1=O.[OH-]. The van der Waals surface area contributed by atoms with Crippen molar-refractivity contribution in [3.63, 3.8) is 0 Å². The van der Waals surface area contributed by atoms with Crippen molar-refractivity contribution in [1.29, 1.82) is 0 Å². The highest BCUT2D eigenvalue weighted by molar-refractivity contribution is 7.78. The number of hydrogen-bond acceptors (Lipinski definition) is 16. The lowest BCUT2D eigenvalue weighted by Crippen LogP contribution is -2.56. The van der Waals surface area contributed by atoms with Crippen molar-refractivity contribution in [2.75, 3.05) is 43.5 Å². The summed E-state index contributed by atoms with van der Waals surface area (Å²) in [6.07, 6.45) is 1.42. The summed E-state index contributed by atoms with van der Waals surface area (Å²) in [5, 5.41) is 46.1. The molecule has 8 rings (SSSR count). The van der Waals surface area contributed by atoms with Crippen LogP contribution < -0.4 is 42.0 Å². The van der Waals surface area contributed by atoms with Crippen LogP contribution in [0.15, 0.2) is 71.8 Å². The summed E-state index contributed by atoms with van der Waals surface area (Å²) in [5.74, 6) is -4.98. The zero-order valence-corrected chi connectivity index (χ0v) is 54.9. The summed E-state index contributed by atoms with van der Waals surface area (Å²) in [7, 11) is 0. The molecule has 2 bridgehead atoms. The smallest absolute Gasteiger partial charge is 0.243 e. The Hall–Kier alpha value is -8.48. The minimum absolute atomic E-state index is 0. The van der Waals surface area contributed by atoms with E-state index in [0.717, 1.165) is 53.0 Å². The number of rotatable bonds is 21. The second-order valence-corrected chi connectivity index (χ2v) is 26.2. The van der Waals surface area contributed by atoms with Gasteiger partial charge in [0.1, 0.15) is 35.4 Å². The van der Waals surface area contributed by atoms with E-state index >= 15 is 0 Å². The number of ether oxygens (including phenoxy) is 1. The predicted molar refractivity (Wildman–Crippen MR) is 352 cm³/mol. The first kappa shape index (κ1) is 73.9. The summed E-state index contributed by atoms with van der Waals surface area (Å²) in [6.45, 7) is 3.11. The van der Waals surface area contributed by atoms with Gasteiger partial charge in [0, 0.05) is 103 Å². The number of benzene rings is 3. The van der Waals surface area contributed by atoms with Crippen LogP contribution in [0.25, 0.3) is 10.9 Å². The van der Waals surface area contributed by atoms with E-state index in [1.807, 2.05) is 48.5 Å². The lowest BCUT2D eigenvalue weighted by atomic mass is 9.85. The quantitative estimate of drug-likeness (QED) is 0.0247. The lowest BCUT2D eigenvalue weighted by molar-refractivity contribution is -0.145. The zero-order chi connectivity index (χ0) is 67.6. The van der Waals surface area contributed by atoms with Crippen LogP contribution in [0.3, 0.4) is 0 Å². The Kier molecular flexibility index (Phi) is 27.5. The fraction of sp³-hybridized carbons (Fsp3) is 0.522. The molecule has 26 heteroatoms. The van der Waals surface area contributed by atoms with Gasteiger partial charge in [0.25, 0.3) is 0 Å². The van der Waals surface area contributed by atoms with E-state index in [9.17, 15) is 68.1 Å². The average molecular weight is 1330 g/mol. The van der Waals surface area contributed by atoms with Crippen LogP contribution >= 0.6 is 0 Å². The molecular weight excluding hydrogens is 1240 g/mol. The number of nitrogens with zero attached hydrogens (tertiary/aromatic N) is 2. The number of Topliss-reactive ketones (excluding diaryl/α,β-unsaturated/α-hetero) is 3. The molecule has 1 aromatic heterocycles. The number of aliphatic hydroxyl groups excluding tert-OH is 3. The van der Waals surface area contributed by atoms with Gasteiger partial charge in [-0.3, -0.25) is 52.7 Å². The maximum absolute atomic E-state index is 14.9. The molecule has 0 radical (unpaired) electrons. The van der Waals surface area contributed by atoms with Crippen molar-refractivity contribution >= 4 is 93.0 Å². The molecule has 5 heterocycles. The van der Waals surface area contributed by atoms with E-state index in [1.165, 1.54) is 6.92 Å². The molecule has 4 aromatic rings. The van der Waals surface area contributed by atoms with Gasteiger partial charge in [0.15, 0.2) is 11.6 Å². The van der Waals surface area contributed by atoms with E-state index in [1.54, 1.807) is 36.9 Å². The predicted octanol–water partition coefficient (Wildman–Crippen LogP) is 2.24. The number of aliphatic hydroxyl groups is 3. The van der Waals surface area contributed by atoms with E-state index in [0.29, 0.717) is 97.1 Å². The summed E-state index contributed by atoms with van der Waals surface area (Å²) < 4.78 is 6.24. The van der Waals surface area contributed by atoms with Gasteiger partial charge in [-0.05, 0) is 73.9 Å². The number of fused-ring (bicyclic) bond motifs is 7. The molecule has 0 unspecified atom stereocenters. The topological polar surface area (TPSA) is 396 Å². The fourth-order valence-corrected chi connectivity index (χ4v) is 13.7. The maximum Gasteiger partial charge on any atom is 0.243 e. The van der Waals surface area contributed by atoms with Crippen molar-refractivity contribution in [3.8, 4) is 17.6 Å². The lowest BCUT2D eigenvalue weighted by Gasteiger charge is -2.32. The second-order valence-electron chi connectivity index (χ2n) is 25.1. The largest absolute Gasteiger partial charge is 0.870 e. The number of amides is 8. The Morgan fingerprint density at radius 2 is 1.42 bits per heavy atom.